The van der Waals surface area contributed by atoms with Gasteiger partial charge < -0.3 is 14.6 Å². The molecule has 0 aromatic heterocycles. The lowest BCUT2D eigenvalue weighted by atomic mass is 10.2. The van der Waals surface area contributed by atoms with Gasteiger partial charge in [-0.15, -0.1) is 0 Å². The number of aliphatic hydroxyl groups is 1. The van der Waals surface area contributed by atoms with Gasteiger partial charge in [0.1, 0.15) is 0 Å². The Labute approximate surface area is 76.1 Å². The summed E-state index contributed by atoms with van der Waals surface area (Å²) >= 11 is 0. The summed E-state index contributed by atoms with van der Waals surface area (Å²) in [4.78, 5) is 2.65. The first kappa shape index (κ1) is 10.3. The number of aliphatic hydroxyl groups excluding tert-OH is 1. The van der Waals surface area contributed by atoms with Crippen LogP contribution in [-0.4, -0.2) is 37.3 Å². The van der Waals surface area contributed by atoms with E-state index in [1.165, 1.54) is 0 Å². The fourth-order valence-electron chi connectivity index (χ4n) is 1.24. The summed E-state index contributed by atoms with van der Waals surface area (Å²) < 4.78 is 10.5. The molecule has 0 amide bonds. The van der Waals surface area contributed by atoms with Gasteiger partial charge in [-0.05, 0) is 12.0 Å². The van der Waals surface area contributed by atoms with Gasteiger partial charge in [0.2, 0.25) is 0 Å². The summed E-state index contributed by atoms with van der Waals surface area (Å²) in [5.74, 6) is 0. The van der Waals surface area contributed by atoms with Crippen LogP contribution in [0.3, 0.4) is 0 Å². The van der Waals surface area contributed by atoms with Gasteiger partial charge in [-0.25, -0.2) is 0 Å². The summed E-state index contributed by atoms with van der Waals surface area (Å²) in [7, 11) is 0. The van der Waals surface area contributed by atoms with Crippen LogP contribution in [0.4, 0.5) is 0 Å². The van der Waals surface area contributed by atoms with Crippen molar-refractivity contribution in [2.45, 2.75) is 25.2 Å². The molecule has 6 heteroatoms. The Kier molecular flexibility index (Phi) is 4.56. The minimum absolute atomic E-state index is 0.000868. The Bertz CT molecular complexity index is 193. The largest absolute Gasteiger partial charge is 0.394 e. The van der Waals surface area contributed by atoms with E-state index in [9.17, 15) is 0 Å². The van der Waals surface area contributed by atoms with Crippen molar-refractivity contribution in [1.82, 2.24) is 0 Å². The molecule has 1 heterocycles. The van der Waals surface area contributed by atoms with Crippen LogP contribution in [0, 0.1) is 0 Å². The molecule has 6 nitrogen and oxygen atoms in total. The van der Waals surface area contributed by atoms with Gasteiger partial charge in [0.15, 0.2) is 6.29 Å². The second-order valence-electron chi connectivity index (χ2n) is 2.77. The summed E-state index contributed by atoms with van der Waals surface area (Å²) in [5, 5.41) is 11.9. The first-order valence-corrected chi connectivity index (χ1v) is 4.25. The van der Waals surface area contributed by atoms with Crippen molar-refractivity contribution in [1.29, 1.82) is 0 Å². The molecular formula is C7H13N3O3. The van der Waals surface area contributed by atoms with Crippen molar-refractivity contribution in [3.05, 3.63) is 10.4 Å². The van der Waals surface area contributed by atoms with E-state index in [1.54, 1.807) is 0 Å². The molecule has 1 rings (SSSR count). The van der Waals surface area contributed by atoms with Crippen LogP contribution in [0.5, 0.6) is 0 Å². The van der Waals surface area contributed by atoms with E-state index < -0.39 is 0 Å². The molecule has 2 unspecified atom stereocenters. The van der Waals surface area contributed by atoms with E-state index in [1.807, 2.05) is 0 Å². The highest BCUT2D eigenvalue weighted by molar-refractivity contribution is 4.70. The van der Waals surface area contributed by atoms with Crippen molar-refractivity contribution in [3.8, 4) is 0 Å². The number of hydrogen-bond donors (Lipinski definition) is 1. The predicted molar refractivity (Wildman–Crippen MR) is 44.9 cm³/mol. The molecule has 1 aliphatic rings. The number of hydrogen-bond acceptors (Lipinski definition) is 4. The summed E-state index contributed by atoms with van der Waals surface area (Å²) in [5.41, 5.74) is 8.07. The summed E-state index contributed by atoms with van der Waals surface area (Å²) in [6.45, 7) is 0.648. The fourth-order valence-corrected chi connectivity index (χ4v) is 1.24. The molecule has 0 radical (unpaired) electrons. The summed E-state index contributed by atoms with van der Waals surface area (Å²) in [6.07, 6.45) is 1.37. The average molecular weight is 187 g/mol. The topological polar surface area (TPSA) is 87.5 Å². The maximum atomic E-state index is 8.49. The smallest absolute Gasteiger partial charge is 0.158 e. The SMILES string of the molecule is [N-]=[N+]=NCC1CCC(OCCO)O1. The first-order chi connectivity index (χ1) is 6.36. The Balaban J connectivity index is 2.15. The maximum Gasteiger partial charge on any atom is 0.158 e. The normalized spacial score (nSPS) is 27.2. The van der Waals surface area contributed by atoms with Gasteiger partial charge in [0.05, 0.1) is 25.9 Å². The van der Waals surface area contributed by atoms with Crippen LogP contribution in [-0.2, 0) is 9.47 Å². The van der Waals surface area contributed by atoms with Crippen molar-refractivity contribution < 1.29 is 14.6 Å². The molecule has 0 bridgehead atoms. The van der Waals surface area contributed by atoms with E-state index in [2.05, 4.69) is 10.0 Å². The van der Waals surface area contributed by atoms with Crippen LogP contribution in [0.2, 0.25) is 0 Å². The lowest BCUT2D eigenvalue weighted by molar-refractivity contribution is -0.136. The lowest BCUT2D eigenvalue weighted by Gasteiger charge is -2.11. The molecule has 1 fully saturated rings. The lowest BCUT2D eigenvalue weighted by Crippen LogP contribution is -2.17. The molecule has 13 heavy (non-hydrogen) atoms. The van der Waals surface area contributed by atoms with Gasteiger partial charge in [-0.2, -0.15) is 0 Å². The zero-order valence-electron chi connectivity index (χ0n) is 7.30. The number of azide groups is 1. The van der Waals surface area contributed by atoms with Gasteiger partial charge in [0.25, 0.3) is 0 Å². The summed E-state index contributed by atoms with van der Waals surface area (Å²) in [6, 6.07) is 0. The van der Waals surface area contributed by atoms with Crippen molar-refractivity contribution in [2.75, 3.05) is 19.8 Å². The second kappa shape index (κ2) is 5.77. The Hall–Kier alpha value is -0.810. The standard InChI is InChI=1S/C7H13N3O3/c8-10-9-5-6-1-2-7(13-6)12-4-3-11/h6-7,11H,1-5H2. The first-order valence-electron chi connectivity index (χ1n) is 4.25. The van der Waals surface area contributed by atoms with Gasteiger partial charge in [0, 0.05) is 11.3 Å². The highest BCUT2D eigenvalue weighted by Crippen LogP contribution is 2.20. The zero-order valence-corrected chi connectivity index (χ0v) is 7.30. The molecule has 74 valence electrons. The van der Waals surface area contributed by atoms with E-state index in [0.29, 0.717) is 13.2 Å². The van der Waals surface area contributed by atoms with Crippen molar-refractivity contribution >= 4 is 0 Å². The van der Waals surface area contributed by atoms with Gasteiger partial charge in [-0.3, -0.25) is 0 Å². The number of rotatable bonds is 5. The van der Waals surface area contributed by atoms with Gasteiger partial charge >= 0.3 is 0 Å². The van der Waals surface area contributed by atoms with E-state index in [4.69, 9.17) is 20.1 Å². The quantitative estimate of drug-likeness (QED) is 0.392. The minimum Gasteiger partial charge on any atom is -0.394 e. The Morgan fingerprint density at radius 2 is 2.46 bits per heavy atom. The monoisotopic (exact) mass is 187 g/mol. The molecule has 1 saturated heterocycles. The molecule has 0 aromatic carbocycles. The third kappa shape index (κ3) is 3.61. The van der Waals surface area contributed by atoms with Crippen molar-refractivity contribution in [2.24, 2.45) is 5.11 Å². The minimum atomic E-state index is -0.244. The van der Waals surface area contributed by atoms with Crippen molar-refractivity contribution in [3.63, 3.8) is 0 Å². The molecule has 1 aliphatic heterocycles. The Morgan fingerprint density at radius 3 is 3.15 bits per heavy atom. The van der Waals surface area contributed by atoms with Gasteiger partial charge in [-0.1, -0.05) is 5.11 Å². The zero-order chi connectivity index (χ0) is 9.52. The second-order valence-corrected chi connectivity index (χ2v) is 2.77. The molecule has 0 aromatic rings. The van der Waals surface area contributed by atoms with E-state index >= 15 is 0 Å². The van der Waals surface area contributed by atoms with Crippen LogP contribution < -0.4 is 0 Å². The highest BCUT2D eigenvalue weighted by atomic mass is 16.7. The average Bonchev–Trinajstić information content (AvgIpc) is 2.59. The number of nitrogens with zero attached hydrogens (tertiary/aromatic N) is 3. The predicted octanol–water partition coefficient (Wildman–Crippen LogP) is 0.811. The molecule has 0 saturated carbocycles. The van der Waals surface area contributed by atoms with Crippen LogP contribution >= 0.6 is 0 Å². The maximum absolute atomic E-state index is 8.49. The van der Waals surface area contributed by atoms with Crippen LogP contribution in [0.25, 0.3) is 10.4 Å². The fraction of sp³-hybridized carbons (Fsp3) is 1.00. The third-order valence-electron chi connectivity index (χ3n) is 1.81. The van der Waals surface area contributed by atoms with E-state index in [-0.39, 0.29) is 19.0 Å². The van der Waals surface area contributed by atoms with Crippen LogP contribution in [0.15, 0.2) is 5.11 Å². The highest BCUT2D eigenvalue weighted by Gasteiger charge is 2.24. The number of ether oxygens (including phenoxy) is 2. The molecule has 0 aliphatic carbocycles. The Morgan fingerprint density at radius 1 is 1.62 bits per heavy atom. The molecule has 1 N–H and O–H groups in total. The van der Waals surface area contributed by atoms with Crippen LogP contribution in [0.1, 0.15) is 12.8 Å². The third-order valence-corrected chi connectivity index (χ3v) is 1.81. The molecular weight excluding hydrogens is 174 g/mol. The molecule has 2 atom stereocenters. The molecule has 0 spiro atoms. The van der Waals surface area contributed by atoms with E-state index in [0.717, 1.165) is 12.8 Å².